The smallest absolute Gasteiger partial charge is 0.335 e. The van der Waals surface area contributed by atoms with Gasteiger partial charge < -0.3 is 10.0 Å². The Morgan fingerprint density at radius 3 is 2.35 bits per heavy atom. The number of rotatable bonds is 3. The maximum Gasteiger partial charge on any atom is 0.335 e. The summed E-state index contributed by atoms with van der Waals surface area (Å²) in [5.74, 6) is -0.0316. The Morgan fingerprint density at radius 1 is 1.17 bits per heavy atom. The van der Waals surface area contributed by atoms with E-state index in [0.29, 0.717) is 11.3 Å². The van der Waals surface area contributed by atoms with Gasteiger partial charge in [0.2, 0.25) is 5.88 Å². The van der Waals surface area contributed by atoms with Crippen LogP contribution in [0.3, 0.4) is 0 Å². The van der Waals surface area contributed by atoms with Gasteiger partial charge in [0, 0.05) is 11.6 Å². The quantitative estimate of drug-likeness (QED) is 0.877. The highest BCUT2D eigenvalue weighted by molar-refractivity contribution is 5.94. The van der Waals surface area contributed by atoms with Crippen LogP contribution in [0.1, 0.15) is 36.2 Å². The van der Waals surface area contributed by atoms with Crippen LogP contribution < -0.4 is 5.69 Å². The molecular formula is C17H21N3O3. The minimum absolute atomic E-state index is 0.0137. The van der Waals surface area contributed by atoms with Crippen molar-refractivity contribution in [1.82, 2.24) is 14.0 Å². The average Bonchev–Trinajstić information content (AvgIpc) is 2.83. The molecule has 1 aliphatic heterocycles. The lowest BCUT2D eigenvalue weighted by Crippen LogP contribution is -2.35. The number of piperidine rings is 1. The Labute approximate surface area is 134 Å². The van der Waals surface area contributed by atoms with Gasteiger partial charge in [0.05, 0.1) is 11.9 Å². The lowest BCUT2D eigenvalue weighted by Gasteiger charge is -2.29. The number of Topliss-reactive ketones (excluding diaryl/α,β-unsaturated/α-hetero) is 1. The first-order chi connectivity index (χ1) is 11.0. The minimum atomic E-state index is -0.243. The Morgan fingerprint density at radius 2 is 1.78 bits per heavy atom. The van der Waals surface area contributed by atoms with E-state index in [1.54, 1.807) is 24.3 Å². The van der Waals surface area contributed by atoms with Gasteiger partial charge in [-0.3, -0.25) is 13.9 Å². The van der Waals surface area contributed by atoms with Crippen molar-refractivity contribution in [3.63, 3.8) is 0 Å². The van der Waals surface area contributed by atoms with Crippen LogP contribution in [0.4, 0.5) is 0 Å². The molecule has 0 radical (unpaired) electrons. The standard InChI is InChI=1S/C17H21N3O3/c1-12(21)13-3-5-14(6-4-13)19-11-16(22)20(17(19)23)15-7-9-18(2)10-8-15/h3-6,11,15,22H,7-10H2,1-2H3. The summed E-state index contributed by atoms with van der Waals surface area (Å²) < 4.78 is 2.91. The van der Waals surface area contributed by atoms with E-state index in [1.165, 1.54) is 22.3 Å². The molecule has 6 nitrogen and oxygen atoms in total. The van der Waals surface area contributed by atoms with Crippen molar-refractivity contribution in [1.29, 1.82) is 0 Å². The number of carbonyl (C=O) groups is 1. The lowest BCUT2D eigenvalue weighted by molar-refractivity contribution is 0.101. The first-order valence-corrected chi connectivity index (χ1v) is 7.80. The van der Waals surface area contributed by atoms with Gasteiger partial charge >= 0.3 is 5.69 Å². The van der Waals surface area contributed by atoms with Crippen molar-refractivity contribution in [2.45, 2.75) is 25.8 Å². The van der Waals surface area contributed by atoms with Gasteiger partial charge in [0.1, 0.15) is 0 Å². The predicted molar refractivity (Wildman–Crippen MR) is 87.5 cm³/mol. The van der Waals surface area contributed by atoms with E-state index in [0.717, 1.165) is 25.9 Å². The number of aromatic hydroxyl groups is 1. The summed E-state index contributed by atoms with van der Waals surface area (Å²) >= 11 is 0. The van der Waals surface area contributed by atoms with Gasteiger partial charge in [-0.2, -0.15) is 0 Å². The number of imidazole rings is 1. The van der Waals surface area contributed by atoms with E-state index < -0.39 is 0 Å². The van der Waals surface area contributed by atoms with Gasteiger partial charge in [-0.1, -0.05) is 0 Å². The zero-order valence-corrected chi connectivity index (χ0v) is 13.4. The van der Waals surface area contributed by atoms with E-state index in [-0.39, 0.29) is 23.4 Å². The second-order valence-electron chi connectivity index (χ2n) is 6.15. The van der Waals surface area contributed by atoms with Gasteiger partial charge in [0.15, 0.2) is 5.78 Å². The molecule has 1 aliphatic rings. The lowest BCUT2D eigenvalue weighted by atomic mass is 10.1. The van der Waals surface area contributed by atoms with E-state index in [9.17, 15) is 14.7 Å². The minimum Gasteiger partial charge on any atom is -0.493 e. The Kier molecular flexibility index (Phi) is 4.09. The number of likely N-dealkylation sites (tertiary alicyclic amines) is 1. The molecule has 0 saturated carbocycles. The summed E-state index contributed by atoms with van der Waals surface area (Å²) in [5.41, 5.74) is 0.996. The van der Waals surface area contributed by atoms with Crippen LogP contribution in [0, 0.1) is 0 Å². The molecule has 0 spiro atoms. The fourth-order valence-corrected chi connectivity index (χ4v) is 3.09. The molecule has 1 N–H and O–H groups in total. The molecule has 23 heavy (non-hydrogen) atoms. The molecule has 0 aliphatic carbocycles. The van der Waals surface area contributed by atoms with Crippen molar-refractivity contribution < 1.29 is 9.90 Å². The van der Waals surface area contributed by atoms with Crippen LogP contribution in [0.2, 0.25) is 0 Å². The van der Waals surface area contributed by atoms with Gasteiger partial charge in [-0.15, -0.1) is 0 Å². The number of nitrogens with zero attached hydrogens (tertiary/aromatic N) is 3. The third kappa shape index (κ3) is 2.94. The predicted octanol–water partition coefficient (Wildman–Crippen LogP) is 1.81. The molecule has 1 aromatic heterocycles. The van der Waals surface area contributed by atoms with E-state index in [1.807, 2.05) is 0 Å². The number of carbonyl (C=O) groups excluding carboxylic acids is 1. The first kappa shape index (κ1) is 15.6. The summed E-state index contributed by atoms with van der Waals surface area (Å²) in [6.07, 6.45) is 3.14. The zero-order chi connectivity index (χ0) is 16.6. The molecule has 6 heteroatoms. The molecule has 0 unspecified atom stereocenters. The van der Waals surface area contributed by atoms with Crippen molar-refractivity contribution in [3.8, 4) is 11.6 Å². The highest BCUT2D eigenvalue weighted by Gasteiger charge is 2.24. The van der Waals surface area contributed by atoms with Gasteiger partial charge in [0.25, 0.3) is 0 Å². The van der Waals surface area contributed by atoms with Crippen molar-refractivity contribution >= 4 is 5.78 Å². The maximum absolute atomic E-state index is 12.7. The van der Waals surface area contributed by atoms with Crippen LogP contribution in [-0.2, 0) is 0 Å². The number of benzene rings is 1. The van der Waals surface area contributed by atoms with Crippen molar-refractivity contribution in [3.05, 3.63) is 46.5 Å². The summed E-state index contributed by atoms with van der Waals surface area (Å²) in [7, 11) is 2.06. The molecule has 3 rings (SSSR count). The molecule has 0 amide bonds. The SMILES string of the molecule is CC(=O)c1ccc(-n2cc(O)n(C3CCN(C)CC3)c2=O)cc1. The van der Waals surface area contributed by atoms with E-state index >= 15 is 0 Å². The molecule has 1 aromatic carbocycles. The average molecular weight is 315 g/mol. The summed E-state index contributed by atoms with van der Waals surface area (Å²) in [5, 5.41) is 10.2. The molecule has 0 bridgehead atoms. The van der Waals surface area contributed by atoms with Crippen molar-refractivity contribution in [2.24, 2.45) is 0 Å². The summed E-state index contributed by atoms with van der Waals surface area (Å²) in [6.45, 7) is 3.33. The van der Waals surface area contributed by atoms with E-state index in [4.69, 9.17) is 0 Å². The second kappa shape index (κ2) is 6.04. The number of hydrogen-bond donors (Lipinski definition) is 1. The highest BCUT2D eigenvalue weighted by Crippen LogP contribution is 2.25. The fourth-order valence-electron chi connectivity index (χ4n) is 3.09. The third-order valence-electron chi connectivity index (χ3n) is 4.51. The van der Waals surface area contributed by atoms with Crippen LogP contribution in [0.5, 0.6) is 5.88 Å². The molecule has 2 heterocycles. The van der Waals surface area contributed by atoms with Gasteiger partial charge in [-0.05, 0) is 64.2 Å². The van der Waals surface area contributed by atoms with Crippen LogP contribution >= 0.6 is 0 Å². The summed E-state index contributed by atoms with van der Waals surface area (Å²) in [6, 6.07) is 6.84. The number of aromatic nitrogens is 2. The molecule has 1 fully saturated rings. The molecule has 0 atom stereocenters. The zero-order valence-electron chi connectivity index (χ0n) is 13.4. The van der Waals surface area contributed by atoms with Crippen LogP contribution in [0.25, 0.3) is 5.69 Å². The molecule has 1 saturated heterocycles. The van der Waals surface area contributed by atoms with E-state index in [2.05, 4.69) is 11.9 Å². The van der Waals surface area contributed by atoms with Crippen LogP contribution in [0.15, 0.2) is 35.3 Å². The molecule has 2 aromatic rings. The molecular weight excluding hydrogens is 294 g/mol. The summed E-state index contributed by atoms with van der Waals surface area (Å²) in [4.78, 5) is 26.2. The number of hydrogen-bond acceptors (Lipinski definition) is 4. The third-order valence-corrected chi connectivity index (χ3v) is 4.51. The van der Waals surface area contributed by atoms with Crippen molar-refractivity contribution in [2.75, 3.05) is 20.1 Å². The Balaban J connectivity index is 1.94. The number of ketones is 1. The first-order valence-electron chi connectivity index (χ1n) is 7.80. The topological polar surface area (TPSA) is 67.5 Å². The molecule has 122 valence electrons. The van der Waals surface area contributed by atoms with Crippen LogP contribution in [-0.4, -0.2) is 45.1 Å². The monoisotopic (exact) mass is 315 g/mol. The maximum atomic E-state index is 12.7. The second-order valence-corrected chi connectivity index (χ2v) is 6.15. The Hall–Kier alpha value is -2.34. The Bertz CT molecular complexity index is 765. The normalized spacial score (nSPS) is 16.6. The fraction of sp³-hybridized carbons (Fsp3) is 0.412. The van der Waals surface area contributed by atoms with Gasteiger partial charge in [-0.25, -0.2) is 4.79 Å². The largest absolute Gasteiger partial charge is 0.493 e. The highest BCUT2D eigenvalue weighted by atomic mass is 16.3.